The van der Waals surface area contributed by atoms with Crippen molar-refractivity contribution in [3.8, 4) is 5.75 Å². The molecule has 15 heavy (non-hydrogen) atoms. The molecule has 80 valence electrons. The molecule has 1 unspecified atom stereocenters. The molecule has 0 spiro atoms. The summed E-state index contributed by atoms with van der Waals surface area (Å²) >= 11 is 0. The van der Waals surface area contributed by atoms with E-state index in [4.69, 9.17) is 0 Å². The van der Waals surface area contributed by atoms with Gasteiger partial charge in [0.15, 0.2) is 0 Å². The summed E-state index contributed by atoms with van der Waals surface area (Å²) < 4.78 is 0. The zero-order chi connectivity index (χ0) is 10.8. The minimum absolute atomic E-state index is 0.350. The third-order valence-electron chi connectivity index (χ3n) is 3.14. The van der Waals surface area contributed by atoms with Crippen LogP contribution in [0.5, 0.6) is 5.75 Å². The molecule has 0 fully saturated rings. The molecule has 1 atom stereocenters. The molecule has 0 bridgehead atoms. The van der Waals surface area contributed by atoms with Crippen LogP contribution in [0.4, 0.5) is 0 Å². The Labute approximate surface area is 90.6 Å². The summed E-state index contributed by atoms with van der Waals surface area (Å²) in [7, 11) is 1.98. The molecule has 0 saturated carbocycles. The predicted molar refractivity (Wildman–Crippen MR) is 62.9 cm³/mol. The molecule has 0 saturated heterocycles. The van der Waals surface area contributed by atoms with Crippen molar-refractivity contribution in [3.63, 3.8) is 0 Å². The Morgan fingerprint density at radius 2 is 2.13 bits per heavy atom. The van der Waals surface area contributed by atoms with Crippen molar-refractivity contribution in [2.75, 3.05) is 7.05 Å². The lowest BCUT2D eigenvalue weighted by molar-refractivity contribution is 0.475. The first-order valence-corrected chi connectivity index (χ1v) is 5.40. The molecule has 0 heterocycles. The Balaban J connectivity index is 2.35. The number of phenolic OH excluding ortho intramolecular Hbond substituents is 1. The van der Waals surface area contributed by atoms with Crippen LogP contribution in [0, 0.1) is 0 Å². The fraction of sp³-hybridized carbons (Fsp3) is 0.385. The van der Waals surface area contributed by atoms with Crippen molar-refractivity contribution in [1.82, 2.24) is 5.32 Å². The molecule has 2 N–H and O–H groups in total. The fourth-order valence-electron chi connectivity index (χ4n) is 2.02. The Bertz CT molecular complexity index is 396. The number of fused-ring (bicyclic) bond motifs is 1. The number of nitrogens with one attached hydrogen (secondary N) is 1. The van der Waals surface area contributed by atoms with Crippen molar-refractivity contribution in [2.45, 2.75) is 25.8 Å². The zero-order valence-corrected chi connectivity index (χ0v) is 9.25. The van der Waals surface area contributed by atoms with Crippen molar-refractivity contribution < 1.29 is 5.11 Å². The molecule has 2 rings (SSSR count). The van der Waals surface area contributed by atoms with Crippen LogP contribution in [-0.4, -0.2) is 18.2 Å². The Kier molecular flexibility index (Phi) is 2.78. The van der Waals surface area contributed by atoms with Crippen LogP contribution in [0.3, 0.4) is 0 Å². The molecule has 1 aromatic rings. The van der Waals surface area contributed by atoms with Gasteiger partial charge >= 0.3 is 0 Å². The van der Waals surface area contributed by atoms with E-state index in [1.165, 1.54) is 16.7 Å². The lowest BCUT2D eigenvalue weighted by Gasteiger charge is -2.21. The molecule has 0 radical (unpaired) electrons. The van der Waals surface area contributed by atoms with Gasteiger partial charge in [0, 0.05) is 6.04 Å². The highest BCUT2D eigenvalue weighted by Gasteiger charge is 2.14. The largest absolute Gasteiger partial charge is 0.508 e. The number of phenols is 1. The molecule has 0 amide bonds. The van der Waals surface area contributed by atoms with Crippen LogP contribution in [0.15, 0.2) is 23.8 Å². The smallest absolute Gasteiger partial charge is 0.116 e. The minimum Gasteiger partial charge on any atom is -0.508 e. The van der Waals surface area contributed by atoms with Crippen LogP contribution in [0.1, 0.15) is 24.5 Å². The molecule has 0 aromatic heterocycles. The number of aromatic hydroxyl groups is 1. The third-order valence-corrected chi connectivity index (χ3v) is 3.14. The van der Waals surface area contributed by atoms with Crippen LogP contribution in [-0.2, 0) is 6.42 Å². The maximum atomic E-state index is 9.43. The Morgan fingerprint density at radius 3 is 2.87 bits per heavy atom. The normalized spacial score (nSPS) is 16.8. The highest BCUT2D eigenvalue weighted by Crippen LogP contribution is 2.28. The quantitative estimate of drug-likeness (QED) is 0.773. The van der Waals surface area contributed by atoms with Gasteiger partial charge < -0.3 is 10.4 Å². The van der Waals surface area contributed by atoms with Gasteiger partial charge in [0.1, 0.15) is 5.75 Å². The highest BCUT2D eigenvalue weighted by molar-refractivity contribution is 5.62. The monoisotopic (exact) mass is 203 g/mol. The summed E-state index contributed by atoms with van der Waals surface area (Å²) in [5.41, 5.74) is 3.91. The first kappa shape index (κ1) is 10.2. The molecule has 2 heteroatoms. The first-order chi connectivity index (χ1) is 7.20. The second-order valence-corrected chi connectivity index (χ2v) is 4.11. The van der Waals surface area contributed by atoms with Crippen molar-refractivity contribution in [1.29, 1.82) is 0 Å². The average Bonchev–Trinajstić information content (AvgIpc) is 2.27. The van der Waals surface area contributed by atoms with E-state index in [0.29, 0.717) is 11.8 Å². The summed E-state index contributed by atoms with van der Waals surface area (Å²) in [6, 6.07) is 6.04. The summed E-state index contributed by atoms with van der Waals surface area (Å²) in [6.45, 7) is 2.17. The predicted octanol–water partition coefficient (Wildman–Crippen LogP) is 2.33. The van der Waals surface area contributed by atoms with Crippen molar-refractivity contribution >= 4 is 6.08 Å². The topological polar surface area (TPSA) is 32.3 Å². The van der Waals surface area contributed by atoms with Crippen molar-refractivity contribution in [3.05, 3.63) is 34.9 Å². The van der Waals surface area contributed by atoms with E-state index >= 15 is 0 Å². The Morgan fingerprint density at radius 1 is 1.33 bits per heavy atom. The molecule has 1 aliphatic rings. The lowest BCUT2D eigenvalue weighted by Crippen LogP contribution is -2.24. The van der Waals surface area contributed by atoms with Gasteiger partial charge in [-0.3, -0.25) is 0 Å². The summed E-state index contributed by atoms with van der Waals surface area (Å²) in [5.74, 6) is 0.350. The first-order valence-electron chi connectivity index (χ1n) is 5.40. The van der Waals surface area contributed by atoms with Crippen molar-refractivity contribution in [2.24, 2.45) is 0 Å². The molecule has 2 nitrogen and oxygen atoms in total. The number of aryl methyl sites for hydroxylation is 1. The van der Waals surface area contributed by atoms with E-state index in [9.17, 15) is 5.11 Å². The van der Waals surface area contributed by atoms with E-state index in [0.717, 1.165) is 12.8 Å². The third kappa shape index (κ3) is 2.05. The maximum absolute atomic E-state index is 9.43. The highest BCUT2D eigenvalue weighted by atomic mass is 16.3. The molecular formula is C13H17NO. The number of likely N-dealkylation sites (N-methyl/N-ethyl adjacent to an activating group) is 1. The van der Waals surface area contributed by atoms with Gasteiger partial charge in [-0.1, -0.05) is 17.7 Å². The van der Waals surface area contributed by atoms with Crippen LogP contribution >= 0.6 is 0 Å². The second-order valence-electron chi connectivity index (χ2n) is 4.11. The van der Waals surface area contributed by atoms with Gasteiger partial charge in [-0.05, 0) is 50.1 Å². The zero-order valence-electron chi connectivity index (χ0n) is 9.25. The van der Waals surface area contributed by atoms with Gasteiger partial charge in [0.05, 0.1) is 0 Å². The SMILES string of the molecule is CNC(C)C1=Cc2cc(O)ccc2CC1. The average molecular weight is 203 g/mol. The molecule has 0 aliphatic heterocycles. The summed E-state index contributed by atoms with van der Waals surface area (Å²) in [4.78, 5) is 0. The molecule has 1 aromatic carbocycles. The van der Waals surface area contributed by atoms with E-state index < -0.39 is 0 Å². The van der Waals surface area contributed by atoms with E-state index in [1.54, 1.807) is 6.07 Å². The second kappa shape index (κ2) is 4.07. The van der Waals surface area contributed by atoms with Gasteiger partial charge in [-0.15, -0.1) is 0 Å². The fourth-order valence-corrected chi connectivity index (χ4v) is 2.02. The Hall–Kier alpha value is -1.28. The minimum atomic E-state index is 0.350. The summed E-state index contributed by atoms with van der Waals surface area (Å²) in [6.07, 6.45) is 4.38. The van der Waals surface area contributed by atoms with E-state index in [1.807, 2.05) is 19.2 Å². The van der Waals surface area contributed by atoms with Crippen LogP contribution in [0.2, 0.25) is 0 Å². The van der Waals surface area contributed by atoms with Gasteiger partial charge in [0.2, 0.25) is 0 Å². The van der Waals surface area contributed by atoms with E-state index in [2.05, 4.69) is 18.3 Å². The molecular weight excluding hydrogens is 186 g/mol. The van der Waals surface area contributed by atoms with Gasteiger partial charge in [-0.2, -0.15) is 0 Å². The number of rotatable bonds is 2. The maximum Gasteiger partial charge on any atom is 0.116 e. The number of benzene rings is 1. The van der Waals surface area contributed by atoms with Crippen LogP contribution < -0.4 is 5.32 Å². The van der Waals surface area contributed by atoms with Gasteiger partial charge in [0.25, 0.3) is 0 Å². The van der Waals surface area contributed by atoms with Crippen LogP contribution in [0.25, 0.3) is 6.08 Å². The number of hydrogen-bond acceptors (Lipinski definition) is 2. The lowest BCUT2D eigenvalue weighted by atomic mass is 9.89. The van der Waals surface area contributed by atoms with E-state index in [-0.39, 0.29) is 0 Å². The van der Waals surface area contributed by atoms with Gasteiger partial charge in [-0.25, -0.2) is 0 Å². The summed E-state index contributed by atoms with van der Waals surface area (Å²) in [5, 5.41) is 12.7. The number of hydrogen-bond donors (Lipinski definition) is 2. The standard InChI is InChI=1S/C13H17NO/c1-9(14-2)11-4-3-10-5-6-13(15)8-12(10)7-11/h5-9,14-15H,3-4H2,1-2H3. The molecule has 1 aliphatic carbocycles.